The number of piperidine rings is 1. The number of allylic oxidation sites excluding steroid dienone is 1. The molecule has 2 rings (SSSR count). The van der Waals surface area contributed by atoms with Gasteiger partial charge >= 0.3 is 5.97 Å². The number of carboxylic acid groups (broad SMARTS) is 1. The first-order valence-electron chi connectivity index (χ1n) is 4.97. The van der Waals surface area contributed by atoms with Crippen molar-refractivity contribution in [3.05, 3.63) is 12.3 Å². The summed E-state index contributed by atoms with van der Waals surface area (Å²) in [5.41, 5.74) is 2.93. The van der Waals surface area contributed by atoms with Gasteiger partial charge in [0.2, 0.25) is 0 Å². The van der Waals surface area contributed by atoms with E-state index in [0.717, 1.165) is 6.54 Å². The van der Waals surface area contributed by atoms with E-state index in [0.29, 0.717) is 13.0 Å². The first-order chi connectivity index (χ1) is 7.29. The average molecular weight is 210 g/mol. The molecule has 0 radical (unpaired) electrons. The number of nitrogens with one attached hydrogen (secondary N) is 2. The van der Waals surface area contributed by atoms with Crippen LogP contribution in [0, 0.1) is 5.92 Å². The molecule has 0 aliphatic carbocycles. The Morgan fingerprint density at radius 3 is 3.13 bits per heavy atom. The predicted molar refractivity (Wildman–Crippen MR) is 55.0 cm³/mol. The molecule has 3 N–H and O–H groups in total. The van der Waals surface area contributed by atoms with Crippen LogP contribution in [-0.2, 0) is 4.79 Å². The van der Waals surface area contributed by atoms with Crippen LogP contribution in [0.4, 0.5) is 0 Å². The van der Waals surface area contributed by atoms with Crippen molar-refractivity contribution in [3.8, 4) is 0 Å². The molecule has 0 aromatic heterocycles. The molecule has 2 aliphatic heterocycles. The zero-order chi connectivity index (χ0) is 10.7. The fourth-order valence-electron chi connectivity index (χ4n) is 1.87. The second kappa shape index (κ2) is 4.31. The molecule has 0 spiro atoms. The van der Waals surface area contributed by atoms with Crippen LogP contribution in [0.3, 0.4) is 0 Å². The maximum Gasteiger partial charge on any atom is 0.308 e. The number of rotatable bonds is 2. The van der Waals surface area contributed by atoms with Gasteiger partial charge in [0.15, 0.2) is 0 Å². The van der Waals surface area contributed by atoms with Crippen LogP contribution in [0.5, 0.6) is 0 Å². The van der Waals surface area contributed by atoms with Gasteiger partial charge in [-0.1, -0.05) is 0 Å². The Morgan fingerprint density at radius 1 is 1.60 bits per heavy atom. The number of nitrogens with zero attached hydrogens (tertiary/aromatic N) is 2. The second-order valence-electron chi connectivity index (χ2n) is 3.60. The molecule has 2 aliphatic rings. The van der Waals surface area contributed by atoms with Crippen molar-refractivity contribution in [2.75, 3.05) is 13.1 Å². The summed E-state index contributed by atoms with van der Waals surface area (Å²) < 4.78 is 0. The summed E-state index contributed by atoms with van der Waals surface area (Å²) in [6.45, 7) is 1.38. The predicted octanol–water partition coefficient (Wildman–Crippen LogP) is -0.631. The molecular weight excluding hydrogens is 196 g/mol. The fraction of sp³-hybridized carbons (Fsp3) is 0.556. The lowest BCUT2D eigenvalue weighted by atomic mass is 9.93. The highest BCUT2D eigenvalue weighted by atomic mass is 16.4. The monoisotopic (exact) mass is 210 g/mol. The van der Waals surface area contributed by atoms with Crippen molar-refractivity contribution in [2.45, 2.75) is 12.5 Å². The number of carbonyl (C=O) groups is 1. The number of hydrazine groups is 1. The summed E-state index contributed by atoms with van der Waals surface area (Å²) in [6, 6.07) is -0.141. The van der Waals surface area contributed by atoms with Gasteiger partial charge in [0.05, 0.1) is 18.2 Å². The summed E-state index contributed by atoms with van der Waals surface area (Å²) in [4.78, 5) is 11.1. The third-order valence-corrected chi connectivity index (χ3v) is 2.66. The molecule has 1 saturated heterocycles. The maximum atomic E-state index is 11.1. The van der Waals surface area contributed by atoms with Crippen LogP contribution in [-0.4, -0.2) is 41.5 Å². The Bertz CT molecular complexity index is 302. The standard InChI is InChI=1S/C9H14N4O2/c14-9(15)7-2-5-10-6-8(7)13-11-3-1-4-12-13/h1,3-4,7-8,10-11H,2,5-6H2,(H,14,15). The first kappa shape index (κ1) is 9.97. The molecule has 2 atom stereocenters. The van der Waals surface area contributed by atoms with E-state index < -0.39 is 5.97 Å². The van der Waals surface area contributed by atoms with Gasteiger partial charge in [0, 0.05) is 12.7 Å². The van der Waals surface area contributed by atoms with E-state index in [1.165, 1.54) is 0 Å². The SMILES string of the molecule is O=C(O)C1CCNCC1N1N=CC=CN1. The zero-order valence-corrected chi connectivity index (χ0v) is 8.26. The highest BCUT2D eigenvalue weighted by Crippen LogP contribution is 2.18. The minimum absolute atomic E-state index is 0.141. The smallest absolute Gasteiger partial charge is 0.308 e. The summed E-state index contributed by atoms with van der Waals surface area (Å²) >= 11 is 0. The van der Waals surface area contributed by atoms with Crippen molar-refractivity contribution in [2.24, 2.45) is 11.0 Å². The molecule has 15 heavy (non-hydrogen) atoms. The zero-order valence-electron chi connectivity index (χ0n) is 8.26. The molecule has 0 saturated carbocycles. The minimum Gasteiger partial charge on any atom is -0.481 e. The Morgan fingerprint density at radius 2 is 2.47 bits per heavy atom. The van der Waals surface area contributed by atoms with Gasteiger partial charge in [0.25, 0.3) is 0 Å². The van der Waals surface area contributed by atoms with Crippen LogP contribution in [0.25, 0.3) is 0 Å². The molecule has 0 bridgehead atoms. The second-order valence-corrected chi connectivity index (χ2v) is 3.60. The van der Waals surface area contributed by atoms with E-state index in [-0.39, 0.29) is 12.0 Å². The Balaban J connectivity index is 2.07. The number of aliphatic carboxylic acids is 1. The number of hydrogen-bond donors (Lipinski definition) is 3. The van der Waals surface area contributed by atoms with Crippen molar-refractivity contribution < 1.29 is 9.90 Å². The highest BCUT2D eigenvalue weighted by Gasteiger charge is 2.35. The molecule has 0 aromatic carbocycles. The topological polar surface area (TPSA) is 77.0 Å². The molecule has 6 nitrogen and oxygen atoms in total. The van der Waals surface area contributed by atoms with E-state index in [9.17, 15) is 4.79 Å². The summed E-state index contributed by atoms with van der Waals surface area (Å²) in [5, 5.41) is 18.0. The van der Waals surface area contributed by atoms with Crippen molar-refractivity contribution >= 4 is 12.2 Å². The normalized spacial score (nSPS) is 30.0. The summed E-state index contributed by atoms with van der Waals surface area (Å²) in [7, 11) is 0. The van der Waals surface area contributed by atoms with E-state index in [2.05, 4.69) is 15.8 Å². The van der Waals surface area contributed by atoms with Crippen LogP contribution in [0.1, 0.15) is 6.42 Å². The van der Waals surface area contributed by atoms with Crippen molar-refractivity contribution in [1.82, 2.24) is 15.9 Å². The maximum absolute atomic E-state index is 11.1. The van der Waals surface area contributed by atoms with Gasteiger partial charge in [-0.25, -0.2) is 5.12 Å². The van der Waals surface area contributed by atoms with E-state index in [1.54, 1.807) is 23.6 Å². The molecule has 0 amide bonds. The molecule has 2 unspecified atom stereocenters. The lowest BCUT2D eigenvalue weighted by Crippen LogP contribution is -2.55. The van der Waals surface area contributed by atoms with Gasteiger partial charge in [-0.05, 0) is 19.0 Å². The van der Waals surface area contributed by atoms with E-state index >= 15 is 0 Å². The quantitative estimate of drug-likeness (QED) is 0.565. The first-order valence-corrected chi connectivity index (χ1v) is 4.97. The van der Waals surface area contributed by atoms with Crippen LogP contribution in [0.15, 0.2) is 17.4 Å². The molecular formula is C9H14N4O2. The molecule has 0 aromatic rings. The van der Waals surface area contributed by atoms with Gasteiger partial charge in [-0.2, -0.15) is 5.10 Å². The number of carboxylic acids is 1. The third kappa shape index (κ3) is 2.10. The number of hydrazone groups is 1. The van der Waals surface area contributed by atoms with Crippen molar-refractivity contribution in [3.63, 3.8) is 0 Å². The molecule has 1 fully saturated rings. The molecule has 2 heterocycles. The van der Waals surface area contributed by atoms with Crippen LogP contribution >= 0.6 is 0 Å². The van der Waals surface area contributed by atoms with Gasteiger partial charge < -0.3 is 10.4 Å². The highest BCUT2D eigenvalue weighted by molar-refractivity contribution is 5.72. The van der Waals surface area contributed by atoms with Gasteiger partial charge in [-0.3, -0.25) is 10.2 Å². The number of hydrogen-bond acceptors (Lipinski definition) is 5. The lowest BCUT2D eigenvalue weighted by molar-refractivity contribution is -0.145. The largest absolute Gasteiger partial charge is 0.481 e. The Kier molecular flexibility index (Phi) is 2.86. The lowest BCUT2D eigenvalue weighted by Gasteiger charge is -2.36. The third-order valence-electron chi connectivity index (χ3n) is 2.66. The van der Waals surface area contributed by atoms with Gasteiger partial charge in [0.1, 0.15) is 0 Å². The summed E-state index contributed by atoms with van der Waals surface area (Å²) in [6.07, 6.45) is 5.78. The van der Waals surface area contributed by atoms with Crippen LogP contribution < -0.4 is 10.7 Å². The Hall–Kier alpha value is -1.56. The van der Waals surface area contributed by atoms with E-state index in [4.69, 9.17) is 5.11 Å². The van der Waals surface area contributed by atoms with Gasteiger partial charge in [-0.15, -0.1) is 0 Å². The fourth-order valence-corrected chi connectivity index (χ4v) is 1.87. The average Bonchev–Trinajstić information content (AvgIpc) is 2.30. The molecule has 82 valence electrons. The summed E-state index contributed by atoms with van der Waals surface area (Å²) in [5.74, 6) is -1.13. The van der Waals surface area contributed by atoms with Crippen molar-refractivity contribution in [1.29, 1.82) is 0 Å². The van der Waals surface area contributed by atoms with Crippen LogP contribution in [0.2, 0.25) is 0 Å². The minimum atomic E-state index is -0.756. The van der Waals surface area contributed by atoms with E-state index in [1.807, 2.05) is 0 Å². The Labute approximate surface area is 87.6 Å². The molecule has 6 heteroatoms.